The highest BCUT2D eigenvalue weighted by Crippen LogP contribution is 2.11. The molecule has 2 rings (SSSR count). The molecule has 1 unspecified atom stereocenters. The van der Waals surface area contributed by atoms with Crippen LogP contribution in [0.25, 0.3) is 0 Å². The summed E-state index contributed by atoms with van der Waals surface area (Å²) in [5.74, 6) is -0.791. The number of rotatable bonds is 1. The fraction of sp³-hybridized carbons (Fsp3) is 0.833. The zero-order valence-electron chi connectivity index (χ0n) is 10.9. The highest BCUT2D eigenvalue weighted by Gasteiger charge is 2.31. The summed E-state index contributed by atoms with van der Waals surface area (Å²) in [5.41, 5.74) is 0. The van der Waals surface area contributed by atoms with Gasteiger partial charge < -0.3 is 19.9 Å². The molecule has 0 bridgehead atoms. The zero-order valence-corrected chi connectivity index (χ0v) is 10.9. The summed E-state index contributed by atoms with van der Waals surface area (Å²) in [5, 5.41) is 3.22. The maximum Gasteiger partial charge on any atom is 0.312 e. The third-order valence-corrected chi connectivity index (χ3v) is 3.58. The summed E-state index contributed by atoms with van der Waals surface area (Å²) in [6, 6.07) is 0.0477. The molecule has 0 spiro atoms. The summed E-state index contributed by atoms with van der Waals surface area (Å²) < 4.78 is 5.24. The molecule has 102 valence electrons. The number of hydrogen-bond donors (Lipinski definition) is 1. The molecule has 1 atom stereocenters. The van der Waals surface area contributed by atoms with E-state index in [2.05, 4.69) is 5.32 Å². The molecule has 0 aromatic carbocycles. The molecule has 2 amide bonds. The van der Waals surface area contributed by atoms with Gasteiger partial charge in [-0.2, -0.15) is 0 Å². The van der Waals surface area contributed by atoms with E-state index in [9.17, 15) is 9.59 Å². The monoisotopic (exact) mass is 255 g/mol. The van der Waals surface area contributed by atoms with Crippen LogP contribution in [0.4, 0.5) is 0 Å². The third kappa shape index (κ3) is 3.00. The normalized spacial score (nSPS) is 24.7. The second-order valence-corrected chi connectivity index (χ2v) is 4.83. The first kappa shape index (κ1) is 13.3. The summed E-state index contributed by atoms with van der Waals surface area (Å²) in [6.07, 6.45) is 1.71. The van der Waals surface area contributed by atoms with Gasteiger partial charge in [-0.05, 0) is 19.4 Å². The predicted molar refractivity (Wildman–Crippen MR) is 66.1 cm³/mol. The van der Waals surface area contributed by atoms with Crippen molar-refractivity contribution >= 4 is 11.8 Å². The van der Waals surface area contributed by atoms with E-state index in [1.165, 1.54) is 4.90 Å². The van der Waals surface area contributed by atoms with Crippen molar-refractivity contribution < 1.29 is 14.3 Å². The van der Waals surface area contributed by atoms with Crippen LogP contribution in [0.15, 0.2) is 0 Å². The van der Waals surface area contributed by atoms with E-state index in [-0.39, 0.29) is 11.9 Å². The van der Waals surface area contributed by atoms with Crippen LogP contribution < -0.4 is 5.32 Å². The molecule has 2 aliphatic heterocycles. The van der Waals surface area contributed by atoms with Gasteiger partial charge in [0, 0.05) is 33.3 Å². The van der Waals surface area contributed by atoms with Crippen molar-refractivity contribution in [2.24, 2.45) is 0 Å². The SMILES string of the molecule is CN(C(=O)C(=O)N1CCCNCC1)C1CCOC1. The molecule has 6 nitrogen and oxygen atoms in total. The van der Waals surface area contributed by atoms with Crippen molar-refractivity contribution in [2.75, 3.05) is 46.4 Å². The van der Waals surface area contributed by atoms with E-state index in [0.717, 1.165) is 25.9 Å². The number of ether oxygens (including phenoxy) is 1. The molecular weight excluding hydrogens is 234 g/mol. The first-order chi connectivity index (χ1) is 8.70. The Labute approximate surface area is 107 Å². The lowest BCUT2D eigenvalue weighted by atomic mass is 10.2. The standard InChI is InChI=1S/C12H21N3O3/c1-14(10-3-8-18-9-10)11(16)12(17)15-6-2-4-13-5-7-15/h10,13H,2-9H2,1H3. The van der Waals surface area contributed by atoms with Crippen molar-refractivity contribution in [2.45, 2.75) is 18.9 Å². The quantitative estimate of drug-likeness (QED) is 0.614. The van der Waals surface area contributed by atoms with Gasteiger partial charge in [-0.15, -0.1) is 0 Å². The first-order valence-corrected chi connectivity index (χ1v) is 6.54. The van der Waals surface area contributed by atoms with Crippen LogP contribution in [0.2, 0.25) is 0 Å². The predicted octanol–water partition coefficient (Wildman–Crippen LogP) is -0.944. The fourth-order valence-electron chi connectivity index (χ4n) is 2.33. The number of nitrogens with zero attached hydrogens (tertiary/aromatic N) is 2. The third-order valence-electron chi connectivity index (χ3n) is 3.58. The lowest BCUT2D eigenvalue weighted by Crippen LogP contribution is -2.48. The first-order valence-electron chi connectivity index (χ1n) is 6.54. The molecule has 18 heavy (non-hydrogen) atoms. The molecule has 2 heterocycles. The minimum absolute atomic E-state index is 0.0477. The van der Waals surface area contributed by atoms with Crippen molar-refractivity contribution in [1.29, 1.82) is 0 Å². The molecular formula is C12H21N3O3. The van der Waals surface area contributed by atoms with Crippen LogP contribution >= 0.6 is 0 Å². The Morgan fingerprint density at radius 2 is 2.17 bits per heavy atom. The molecule has 2 fully saturated rings. The second kappa shape index (κ2) is 6.15. The van der Waals surface area contributed by atoms with E-state index in [4.69, 9.17) is 4.74 Å². The van der Waals surface area contributed by atoms with Crippen LogP contribution in [-0.4, -0.2) is 74.1 Å². The largest absolute Gasteiger partial charge is 0.379 e. The van der Waals surface area contributed by atoms with Gasteiger partial charge >= 0.3 is 11.8 Å². The Kier molecular flexibility index (Phi) is 4.54. The summed E-state index contributed by atoms with van der Waals surface area (Å²) >= 11 is 0. The van der Waals surface area contributed by atoms with Crippen LogP contribution in [0, 0.1) is 0 Å². The summed E-state index contributed by atoms with van der Waals surface area (Å²) in [4.78, 5) is 27.4. The van der Waals surface area contributed by atoms with Crippen LogP contribution in [0.3, 0.4) is 0 Å². The summed E-state index contributed by atoms with van der Waals surface area (Å²) in [7, 11) is 1.69. The number of nitrogens with one attached hydrogen (secondary N) is 1. The molecule has 6 heteroatoms. The van der Waals surface area contributed by atoms with Gasteiger partial charge in [-0.3, -0.25) is 9.59 Å². The fourth-order valence-corrected chi connectivity index (χ4v) is 2.33. The average Bonchev–Trinajstić information content (AvgIpc) is 2.78. The topological polar surface area (TPSA) is 61.9 Å². The highest BCUT2D eigenvalue weighted by atomic mass is 16.5. The van der Waals surface area contributed by atoms with Gasteiger partial charge in [-0.25, -0.2) is 0 Å². The van der Waals surface area contributed by atoms with Gasteiger partial charge in [0.25, 0.3) is 0 Å². The molecule has 2 aliphatic rings. The van der Waals surface area contributed by atoms with Crippen LogP contribution in [0.5, 0.6) is 0 Å². The van der Waals surface area contributed by atoms with E-state index < -0.39 is 5.91 Å². The smallest absolute Gasteiger partial charge is 0.312 e. The molecule has 0 aromatic rings. The van der Waals surface area contributed by atoms with E-state index in [1.807, 2.05) is 0 Å². The van der Waals surface area contributed by atoms with E-state index in [1.54, 1.807) is 11.9 Å². The Bertz CT molecular complexity index is 296. The highest BCUT2D eigenvalue weighted by molar-refractivity contribution is 6.34. The van der Waals surface area contributed by atoms with Gasteiger partial charge in [0.15, 0.2) is 0 Å². The van der Waals surface area contributed by atoms with Crippen molar-refractivity contribution in [3.8, 4) is 0 Å². The average molecular weight is 255 g/mol. The number of amides is 2. The lowest BCUT2D eigenvalue weighted by Gasteiger charge is -2.26. The van der Waals surface area contributed by atoms with Crippen LogP contribution in [-0.2, 0) is 14.3 Å². The Balaban J connectivity index is 1.92. The Hall–Kier alpha value is -1.14. The maximum atomic E-state index is 12.1. The van der Waals surface area contributed by atoms with Crippen molar-refractivity contribution in [3.05, 3.63) is 0 Å². The van der Waals surface area contributed by atoms with Crippen LogP contribution in [0.1, 0.15) is 12.8 Å². The van der Waals surface area contributed by atoms with Gasteiger partial charge in [0.05, 0.1) is 12.6 Å². The van der Waals surface area contributed by atoms with Crippen molar-refractivity contribution in [1.82, 2.24) is 15.1 Å². The number of hydrogen-bond acceptors (Lipinski definition) is 4. The number of carbonyl (C=O) groups excluding carboxylic acids is 2. The molecule has 0 saturated carbocycles. The van der Waals surface area contributed by atoms with E-state index in [0.29, 0.717) is 26.3 Å². The number of likely N-dealkylation sites (N-methyl/N-ethyl adjacent to an activating group) is 1. The molecule has 0 aliphatic carbocycles. The van der Waals surface area contributed by atoms with Gasteiger partial charge in [0.1, 0.15) is 0 Å². The Morgan fingerprint density at radius 1 is 1.33 bits per heavy atom. The minimum Gasteiger partial charge on any atom is -0.379 e. The molecule has 1 N–H and O–H groups in total. The summed E-state index contributed by atoms with van der Waals surface area (Å²) in [6.45, 7) is 4.15. The molecule has 0 aromatic heterocycles. The maximum absolute atomic E-state index is 12.1. The van der Waals surface area contributed by atoms with Gasteiger partial charge in [0.2, 0.25) is 0 Å². The van der Waals surface area contributed by atoms with E-state index >= 15 is 0 Å². The zero-order chi connectivity index (χ0) is 13.0. The Morgan fingerprint density at radius 3 is 2.89 bits per heavy atom. The minimum atomic E-state index is -0.410. The second-order valence-electron chi connectivity index (χ2n) is 4.83. The lowest BCUT2D eigenvalue weighted by molar-refractivity contribution is -0.152. The number of carbonyl (C=O) groups is 2. The molecule has 0 radical (unpaired) electrons. The van der Waals surface area contributed by atoms with Crippen molar-refractivity contribution in [3.63, 3.8) is 0 Å². The molecule has 2 saturated heterocycles. The van der Waals surface area contributed by atoms with Gasteiger partial charge in [-0.1, -0.05) is 0 Å².